The molecule has 0 saturated heterocycles. The van der Waals surface area contributed by atoms with Gasteiger partial charge in [0, 0.05) is 30.7 Å². The first kappa shape index (κ1) is 13.9. The van der Waals surface area contributed by atoms with Crippen molar-refractivity contribution in [3.8, 4) is 5.75 Å². The number of methoxy groups -OCH3 is 1. The number of anilines is 1. The average Bonchev–Trinajstić information content (AvgIpc) is 2.46. The first-order valence-electron chi connectivity index (χ1n) is 6.42. The predicted molar refractivity (Wildman–Crippen MR) is 82.1 cm³/mol. The molecule has 6 heteroatoms. The first-order valence-corrected chi connectivity index (χ1v) is 6.42. The molecule has 0 fully saturated rings. The van der Waals surface area contributed by atoms with Gasteiger partial charge in [0.15, 0.2) is 5.96 Å². The van der Waals surface area contributed by atoms with Crippen LogP contribution in [-0.4, -0.2) is 31.1 Å². The van der Waals surface area contributed by atoms with Crippen LogP contribution in [0.5, 0.6) is 5.75 Å². The lowest BCUT2D eigenvalue weighted by Crippen LogP contribution is -2.23. The van der Waals surface area contributed by atoms with E-state index in [0.717, 1.165) is 35.3 Å². The van der Waals surface area contributed by atoms with Crippen molar-refractivity contribution >= 4 is 22.5 Å². The maximum absolute atomic E-state index is 5.30. The number of nitrogens with zero attached hydrogens (tertiary/aromatic N) is 2. The van der Waals surface area contributed by atoms with Crippen LogP contribution < -0.4 is 21.5 Å². The van der Waals surface area contributed by atoms with Gasteiger partial charge in [-0.2, -0.15) is 0 Å². The van der Waals surface area contributed by atoms with Crippen molar-refractivity contribution in [3.05, 3.63) is 30.5 Å². The molecule has 0 saturated carbocycles. The Hall–Kier alpha value is -2.50. The molecule has 106 valence electrons. The Morgan fingerprint density at radius 2 is 2.25 bits per heavy atom. The number of pyridine rings is 1. The zero-order chi connectivity index (χ0) is 14.4. The summed E-state index contributed by atoms with van der Waals surface area (Å²) in [5.74, 6) is 0.927. The Morgan fingerprint density at radius 3 is 3.00 bits per heavy atom. The lowest BCUT2D eigenvalue weighted by molar-refractivity contribution is 0.415. The number of aliphatic imine (C=N–C) groups is 1. The van der Waals surface area contributed by atoms with Gasteiger partial charge in [-0.1, -0.05) is 6.07 Å². The molecule has 1 aromatic carbocycles. The third kappa shape index (κ3) is 3.50. The summed E-state index contributed by atoms with van der Waals surface area (Å²) in [7, 11) is 1.65. The van der Waals surface area contributed by atoms with E-state index in [1.54, 1.807) is 13.3 Å². The van der Waals surface area contributed by atoms with Crippen LogP contribution in [0.2, 0.25) is 0 Å². The van der Waals surface area contributed by atoms with E-state index in [1.807, 2.05) is 24.3 Å². The second-order valence-corrected chi connectivity index (χ2v) is 4.34. The number of benzene rings is 1. The first-order chi connectivity index (χ1) is 9.70. The van der Waals surface area contributed by atoms with Crippen LogP contribution in [-0.2, 0) is 0 Å². The predicted octanol–water partition coefficient (Wildman–Crippen LogP) is 1.32. The second-order valence-electron chi connectivity index (χ2n) is 4.34. The normalized spacial score (nSPS) is 10.2. The van der Waals surface area contributed by atoms with Crippen LogP contribution in [0.25, 0.3) is 10.9 Å². The average molecular weight is 273 g/mol. The highest BCUT2D eigenvalue weighted by Gasteiger charge is 2.05. The van der Waals surface area contributed by atoms with Crippen molar-refractivity contribution in [1.82, 2.24) is 4.98 Å². The van der Waals surface area contributed by atoms with Crippen LogP contribution in [0.3, 0.4) is 0 Å². The van der Waals surface area contributed by atoms with Crippen molar-refractivity contribution in [2.24, 2.45) is 16.5 Å². The van der Waals surface area contributed by atoms with Crippen LogP contribution in [0.1, 0.15) is 6.42 Å². The molecular formula is C14H19N5O. The summed E-state index contributed by atoms with van der Waals surface area (Å²) in [6.07, 6.45) is 2.61. The molecule has 0 bridgehead atoms. The van der Waals surface area contributed by atoms with Gasteiger partial charge < -0.3 is 21.5 Å². The minimum absolute atomic E-state index is 0.124. The molecule has 0 spiro atoms. The number of fused-ring (bicyclic) bond motifs is 1. The number of rotatable bonds is 6. The Labute approximate surface area is 117 Å². The molecule has 5 N–H and O–H groups in total. The monoisotopic (exact) mass is 273 g/mol. The molecule has 1 aromatic heterocycles. The van der Waals surface area contributed by atoms with E-state index in [-0.39, 0.29) is 5.96 Å². The molecule has 0 unspecified atom stereocenters. The molecule has 0 aliphatic rings. The maximum Gasteiger partial charge on any atom is 0.185 e. The number of guanidine groups is 1. The van der Waals surface area contributed by atoms with Crippen LogP contribution >= 0.6 is 0 Å². The van der Waals surface area contributed by atoms with E-state index in [9.17, 15) is 0 Å². The van der Waals surface area contributed by atoms with Crippen LogP contribution in [0, 0.1) is 0 Å². The van der Waals surface area contributed by atoms with E-state index in [2.05, 4.69) is 15.3 Å². The van der Waals surface area contributed by atoms with E-state index < -0.39 is 0 Å². The molecule has 0 aliphatic heterocycles. The largest absolute Gasteiger partial charge is 0.497 e. The zero-order valence-corrected chi connectivity index (χ0v) is 11.5. The Bertz CT molecular complexity index is 608. The highest BCUT2D eigenvalue weighted by atomic mass is 16.5. The number of ether oxygens (including phenoxy) is 1. The fourth-order valence-corrected chi connectivity index (χ4v) is 1.93. The fraction of sp³-hybridized carbons (Fsp3) is 0.286. The van der Waals surface area contributed by atoms with Crippen molar-refractivity contribution < 1.29 is 4.74 Å². The minimum Gasteiger partial charge on any atom is -0.497 e. The summed E-state index contributed by atoms with van der Waals surface area (Å²) < 4.78 is 5.30. The summed E-state index contributed by atoms with van der Waals surface area (Å²) in [4.78, 5) is 8.34. The van der Waals surface area contributed by atoms with Gasteiger partial charge >= 0.3 is 0 Å². The summed E-state index contributed by atoms with van der Waals surface area (Å²) in [6.45, 7) is 1.36. The highest BCUT2D eigenvalue weighted by Crippen LogP contribution is 2.27. The summed E-state index contributed by atoms with van der Waals surface area (Å²) in [5, 5.41) is 4.38. The van der Waals surface area contributed by atoms with Crippen LogP contribution in [0.4, 0.5) is 5.69 Å². The summed E-state index contributed by atoms with van der Waals surface area (Å²) in [6, 6.07) is 7.82. The van der Waals surface area contributed by atoms with Gasteiger partial charge in [-0.3, -0.25) is 9.98 Å². The van der Waals surface area contributed by atoms with Crippen molar-refractivity contribution in [2.45, 2.75) is 6.42 Å². The standard InChI is InChI=1S/C14H19N5O/c1-20-11-8-10-4-2-5-18-13(10)12(9-11)17-6-3-7-19-14(15)16/h2,4-5,8-9,17H,3,6-7H2,1H3,(H4,15,16,19). The van der Waals surface area contributed by atoms with E-state index in [0.29, 0.717) is 6.54 Å². The highest BCUT2D eigenvalue weighted by molar-refractivity contribution is 5.91. The SMILES string of the molecule is COc1cc(NCCCN=C(N)N)c2ncccc2c1. The topological polar surface area (TPSA) is 98.5 Å². The van der Waals surface area contributed by atoms with Gasteiger partial charge in [-0.15, -0.1) is 0 Å². The number of aromatic nitrogens is 1. The molecular weight excluding hydrogens is 254 g/mol. The van der Waals surface area contributed by atoms with Gasteiger partial charge in [0.1, 0.15) is 5.75 Å². The van der Waals surface area contributed by atoms with Crippen molar-refractivity contribution in [2.75, 3.05) is 25.5 Å². The maximum atomic E-state index is 5.30. The summed E-state index contributed by atoms with van der Waals surface area (Å²) >= 11 is 0. The van der Waals surface area contributed by atoms with Gasteiger partial charge in [-0.25, -0.2) is 0 Å². The minimum atomic E-state index is 0.124. The number of hydrogen-bond acceptors (Lipinski definition) is 4. The number of nitrogens with one attached hydrogen (secondary N) is 1. The molecule has 1 heterocycles. The molecule has 0 amide bonds. The molecule has 6 nitrogen and oxygen atoms in total. The molecule has 2 aromatic rings. The second kappa shape index (κ2) is 6.60. The molecule has 0 radical (unpaired) electrons. The van der Waals surface area contributed by atoms with Gasteiger partial charge in [0.2, 0.25) is 0 Å². The van der Waals surface area contributed by atoms with Gasteiger partial charge in [-0.05, 0) is 18.6 Å². The smallest absolute Gasteiger partial charge is 0.185 e. The summed E-state index contributed by atoms with van der Waals surface area (Å²) in [5.41, 5.74) is 12.4. The molecule has 0 aliphatic carbocycles. The number of hydrogen-bond donors (Lipinski definition) is 3. The van der Waals surface area contributed by atoms with Gasteiger partial charge in [0.25, 0.3) is 0 Å². The third-order valence-corrected chi connectivity index (χ3v) is 2.86. The Balaban J connectivity index is 2.10. The lowest BCUT2D eigenvalue weighted by atomic mass is 10.1. The Morgan fingerprint density at radius 1 is 1.40 bits per heavy atom. The van der Waals surface area contributed by atoms with E-state index >= 15 is 0 Å². The zero-order valence-electron chi connectivity index (χ0n) is 11.5. The van der Waals surface area contributed by atoms with Gasteiger partial charge in [0.05, 0.1) is 18.3 Å². The van der Waals surface area contributed by atoms with Crippen molar-refractivity contribution in [1.29, 1.82) is 0 Å². The van der Waals surface area contributed by atoms with Crippen molar-refractivity contribution in [3.63, 3.8) is 0 Å². The number of nitrogens with two attached hydrogens (primary N) is 2. The fourth-order valence-electron chi connectivity index (χ4n) is 1.93. The van der Waals surface area contributed by atoms with Crippen LogP contribution in [0.15, 0.2) is 35.5 Å². The van der Waals surface area contributed by atoms with E-state index in [1.165, 1.54) is 0 Å². The lowest BCUT2D eigenvalue weighted by Gasteiger charge is -2.10. The molecule has 2 rings (SSSR count). The molecule has 20 heavy (non-hydrogen) atoms. The quantitative estimate of drug-likeness (QED) is 0.419. The third-order valence-electron chi connectivity index (χ3n) is 2.86. The molecule has 0 atom stereocenters. The Kier molecular flexibility index (Phi) is 4.60. The van der Waals surface area contributed by atoms with E-state index in [4.69, 9.17) is 16.2 Å².